The lowest BCUT2D eigenvalue weighted by molar-refractivity contribution is 0.0600. The minimum absolute atomic E-state index is 0.355. The van der Waals surface area contributed by atoms with Crippen molar-refractivity contribution in [2.45, 2.75) is 6.54 Å². The molecule has 124 valence electrons. The quantitative estimate of drug-likeness (QED) is 0.684. The van der Waals surface area contributed by atoms with E-state index in [9.17, 15) is 10.1 Å². The lowest BCUT2D eigenvalue weighted by atomic mass is 10.1. The molecule has 2 aromatic carbocycles. The number of aromatic nitrogens is 1. The fourth-order valence-electron chi connectivity index (χ4n) is 2.84. The highest BCUT2D eigenvalue weighted by molar-refractivity contribution is 5.94. The van der Waals surface area contributed by atoms with Crippen molar-refractivity contribution in [3.63, 3.8) is 0 Å². The summed E-state index contributed by atoms with van der Waals surface area (Å²) in [5, 5.41) is 10.4. The fraction of sp³-hybridized carbons (Fsp3) is 0.150. The highest BCUT2D eigenvalue weighted by Crippen LogP contribution is 2.29. The second-order valence-corrected chi connectivity index (χ2v) is 5.69. The Morgan fingerprint density at radius 1 is 1.20 bits per heavy atom. The Kier molecular flexibility index (Phi) is 4.62. The van der Waals surface area contributed by atoms with Crippen LogP contribution in [0.5, 0.6) is 0 Å². The van der Waals surface area contributed by atoms with Crippen LogP contribution in [0.25, 0.3) is 10.9 Å². The summed E-state index contributed by atoms with van der Waals surface area (Å²) in [6, 6.07) is 17.2. The number of esters is 1. The molecule has 0 fully saturated rings. The van der Waals surface area contributed by atoms with E-state index in [1.54, 1.807) is 18.3 Å². The first kappa shape index (κ1) is 16.5. The normalized spacial score (nSPS) is 10.3. The average molecular weight is 331 g/mol. The van der Waals surface area contributed by atoms with Gasteiger partial charge >= 0.3 is 5.97 Å². The van der Waals surface area contributed by atoms with E-state index in [-0.39, 0.29) is 5.97 Å². The molecular formula is C20H17N3O2. The van der Waals surface area contributed by atoms with E-state index in [1.165, 1.54) is 7.11 Å². The second-order valence-electron chi connectivity index (χ2n) is 5.69. The van der Waals surface area contributed by atoms with Crippen LogP contribution in [0.3, 0.4) is 0 Å². The van der Waals surface area contributed by atoms with Crippen LogP contribution < -0.4 is 4.90 Å². The molecule has 1 aromatic heterocycles. The van der Waals surface area contributed by atoms with Crippen molar-refractivity contribution in [1.82, 2.24) is 4.98 Å². The van der Waals surface area contributed by atoms with Gasteiger partial charge in [-0.1, -0.05) is 30.3 Å². The Balaban J connectivity index is 1.93. The summed E-state index contributed by atoms with van der Waals surface area (Å²) in [6.45, 7) is 0.601. The van der Waals surface area contributed by atoms with Crippen LogP contribution in [-0.4, -0.2) is 25.1 Å². The number of fused-ring (bicyclic) bond motifs is 1. The van der Waals surface area contributed by atoms with Crippen LogP contribution in [0.15, 0.2) is 54.7 Å². The Hall–Kier alpha value is -3.39. The first-order valence-electron chi connectivity index (χ1n) is 7.80. The van der Waals surface area contributed by atoms with E-state index >= 15 is 0 Å². The van der Waals surface area contributed by atoms with Gasteiger partial charge in [-0.05, 0) is 23.8 Å². The molecule has 0 aliphatic heterocycles. The molecule has 0 N–H and O–H groups in total. The molecule has 0 saturated carbocycles. The summed E-state index contributed by atoms with van der Waals surface area (Å²) in [4.78, 5) is 17.9. The topological polar surface area (TPSA) is 66.2 Å². The lowest BCUT2D eigenvalue weighted by Gasteiger charge is -2.22. The van der Waals surface area contributed by atoms with E-state index in [4.69, 9.17) is 4.74 Å². The molecule has 5 nitrogen and oxygen atoms in total. The number of benzene rings is 2. The molecule has 3 aromatic rings. The summed E-state index contributed by atoms with van der Waals surface area (Å²) in [5.41, 5.74) is 3.78. The molecule has 5 heteroatoms. The highest BCUT2D eigenvalue weighted by Gasteiger charge is 2.13. The first-order valence-corrected chi connectivity index (χ1v) is 7.80. The van der Waals surface area contributed by atoms with Crippen LogP contribution in [0.4, 0.5) is 5.69 Å². The number of ether oxygens (including phenoxy) is 1. The van der Waals surface area contributed by atoms with Crippen LogP contribution in [-0.2, 0) is 11.3 Å². The van der Waals surface area contributed by atoms with Crippen molar-refractivity contribution >= 4 is 22.6 Å². The molecule has 1 heterocycles. The van der Waals surface area contributed by atoms with Gasteiger partial charge < -0.3 is 9.64 Å². The summed E-state index contributed by atoms with van der Waals surface area (Å²) in [6.07, 6.45) is 1.61. The van der Waals surface area contributed by atoms with Gasteiger partial charge in [0.1, 0.15) is 6.07 Å². The summed E-state index contributed by atoms with van der Waals surface area (Å²) < 4.78 is 4.71. The minimum Gasteiger partial charge on any atom is -0.465 e. The van der Waals surface area contributed by atoms with Crippen molar-refractivity contribution in [2.24, 2.45) is 0 Å². The average Bonchev–Trinajstić information content (AvgIpc) is 2.66. The van der Waals surface area contributed by atoms with E-state index < -0.39 is 0 Å². The molecule has 0 aliphatic rings. The number of pyridine rings is 1. The molecule has 0 spiro atoms. The maximum absolute atomic E-state index is 11.5. The van der Waals surface area contributed by atoms with Crippen LogP contribution >= 0.6 is 0 Å². The lowest BCUT2D eigenvalue weighted by Crippen LogP contribution is -2.18. The molecule has 3 rings (SSSR count). The van der Waals surface area contributed by atoms with Gasteiger partial charge in [-0.3, -0.25) is 4.98 Å². The Morgan fingerprint density at radius 2 is 1.92 bits per heavy atom. The molecule has 0 atom stereocenters. The van der Waals surface area contributed by atoms with E-state index in [1.807, 2.05) is 48.3 Å². The largest absolute Gasteiger partial charge is 0.465 e. The van der Waals surface area contributed by atoms with Gasteiger partial charge in [-0.15, -0.1) is 0 Å². The van der Waals surface area contributed by atoms with E-state index in [0.29, 0.717) is 17.7 Å². The van der Waals surface area contributed by atoms with Crippen LogP contribution in [0.1, 0.15) is 21.5 Å². The number of hydrogen-bond donors (Lipinski definition) is 0. The number of methoxy groups -OCH3 is 1. The Labute approximate surface area is 146 Å². The number of anilines is 1. The predicted molar refractivity (Wildman–Crippen MR) is 96.3 cm³/mol. The molecule has 0 aliphatic carbocycles. The number of hydrogen-bond acceptors (Lipinski definition) is 5. The van der Waals surface area contributed by atoms with Gasteiger partial charge in [-0.25, -0.2) is 4.79 Å². The standard InChI is InChI=1S/C20H17N3O2/c1-23(13-14-7-9-15(10-8-14)20(24)25-2)19-16(11-21)12-22-18-6-4-3-5-17(18)19/h3-10,12H,13H2,1-2H3. The molecular weight excluding hydrogens is 314 g/mol. The molecule has 0 unspecified atom stereocenters. The SMILES string of the molecule is COC(=O)c1ccc(CN(C)c2c(C#N)cnc3ccccc23)cc1. The van der Waals surface area contributed by atoms with Crippen molar-refractivity contribution < 1.29 is 9.53 Å². The third kappa shape index (κ3) is 3.29. The van der Waals surface area contributed by atoms with Gasteiger partial charge in [0.05, 0.1) is 29.4 Å². The first-order chi connectivity index (χ1) is 12.1. The molecule has 0 bridgehead atoms. The zero-order valence-corrected chi connectivity index (χ0v) is 14.1. The van der Waals surface area contributed by atoms with Crippen molar-refractivity contribution in [3.8, 4) is 6.07 Å². The third-order valence-corrected chi connectivity index (χ3v) is 4.04. The fourth-order valence-corrected chi connectivity index (χ4v) is 2.84. The number of nitriles is 1. The van der Waals surface area contributed by atoms with Gasteiger partial charge in [0.25, 0.3) is 0 Å². The predicted octanol–water partition coefficient (Wildman–Crippen LogP) is 3.53. The summed E-state index contributed by atoms with van der Waals surface area (Å²) in [5.74, 6) is -0.355. The number of carbonyl (C=O) groups is 1. The van der Waals surface area contributed by atoms with Gasteiger partial charge in [0.2, 0.25) is 0 Å². The maximum atomic E-state index is 11.5. The highest BCUT2D eigenvalue weighted by atomic mass is 16.5. The number of rotatable bonds is 4. The Morgan fingerprint density at radius 3 is 2.60 bits per heavy atom. The molecule has 25 heavy (non-hydrogen) atoms. The van der Waals surface area contributed by atoms with Gasteiger partial charge in [-0.2, -0.15) is 5.26 Å². The zero-order valence-electron chi connectivity index (χ0n) is 14.1. The van der Waals surface area contributed by atoms with E-state index in [2.05, 4.69) is 11.1 Å². The van der Waals surface area contributed by atoms with Gasteiger partial charge in [0.15, 0.2) is 0 Å². The number of nitrogens with zero attached hydrogens (tertiary/aromatic N) is 3. The van der Waals surface area contributed by atoms with Crippen LogP contribution in [0, 0.1) is 11.3 Å². The van der Waals surface area contributed by atoms with Gasteiger partial charge in [0, 0.05) is 25.2 Å². The summed E-state index contributed by atoms with van der Waals surface area (Å²) >= 11 is 0. The Bertz CT molecular complexity index is 959. The molecule has 0 saturated heterocycles. The number of carbonyl (C=O) groups excluding carboxylic acids is 1. The third-order valence-electron chi connectivity index (χ3n) is 4.04. The van der Waals surface area contributed by atoms with Crippen LogP contribution in [0.2, 0.25) is 0 Å². The smallest absolute Gasteiger partial charge is 0.337 e. The molecule has 0 radical (unpaired) electrons. The monoisotopic (exact) mass is 331 g/mol. The second kappa shape index (κ2) is 7.02. The van der Waals surface area contributed by atoms with Crippen molar-refractivity contribution in [1.29, 1.82) is 5.26 Å². The number of para-hydroxylation sites is 1. The van der Waals surface area contributed by atoms with Crippen molar-refractivity contribution in [3.05, 3.63) is 71.4 Å². The van der Waals surface area contributed by atoms with Crippen molar-refractivity contribution in [2.75, 3.05) is 19.1 Å². The van der Waals surface area contributed by atoms with E-state index in [0.717, 1.165) is 22.2 Å². The minimum atomic E-state index is -0.355. The maximum Gasteiger partial charge on any atom is 0.337 e. The zero-order chi connectivity index (χ0) is 17.8. The summed E-state index contributed by atoms with van der Waals surface area (Å²) in [7, 11) is 3.30. The molecule has 0 amide bonds.